The summed E-state index contributed by atoms with van der Waals surface area (Å²) in [5, 5.41) is 17.8. The standard InChI is InChI=1S/C22H18N6O5S/c29-22(24-13-16-8-10-17(11-9-16)27-15-23-14-25-27)20-6-1-2-7-21(20)26-34(32,33)19-5-3-4-18(12-19)28(30)31/h1-12,14-15,26H,13H2,(H,24,29). The largest absolute Gasteiger partial charge is 0.348 e. The van der Waals surface area contributed by atoms with Crippen molar-refractivity contribution in [3.63, 3.8) is 0 Å². The molecule has 0 aliphatic carbocycles. The Balaban J connectivity index is 1.48. The second kappa shape index (κ2) is 9.50. The summed E-state index contributed by atoms with van der Waals surface area (Å²) in [6, 6.07) is 18.1. The van der Waals surface area contributed by atoms with Crippen LogP contribution in [0.1, 0.15) is 15.9 Å². The highest BCUT2D eigenvalue weighted by Gasteiger charge is 2.20. The molecule has 0 saturated heterocycles. The molecule has 0 spiro atoms. The number of rotatable bonds is 8. The molecule has 12 heteroatoms. The van der Waals surface area contributed by atoms with Gasteiger partial charge in [-0.15, -0.1) is 0 Å². The lowest BCUT2D eigenvalue weighted by Crippen LogP contribution is -2.25. The van der Waals surface area contributed by atoms with Gasteiger partial charge < -0.3 is 5.32 Å². The lowest BCUT2D eigenvalue weighted by molar-refractivity contribution is -0.385. The first-order valence-electron chi connectivity index (χ1n) is 9.92. The van der Waals surface area contributed by atoms with Crippen LogP contribution in [0.2, 0.25) is 0 Å². The third-order valence-electron chi connectivity index (χ3n) is 4.83. The normalized spacial score (nSPS) is 11.1. The maximum Gasteiger partial charge on any atom is 0.270 e. The fourth-order valence-corrected chi connectivity index (χ4v) is 4.24. The molecule has 0 atom stereocenters. The van der Waals surface area contributed by atoms with E-state index in [0.29, 0.717) is 0 Å². The van der Waals surface area contributed by atoms with Crippen LogP contribution in [0.5, 0.6) is 0 Å². The van der Waals surface area contributed by atoms with Gasteiger partial charge in [-0.25, -0.2) is 18.1 Å². The zero-order valence-electron chi connectivity index (χ0n) is 17.5. The van der Waals surface area contributed by atoms with E-state index < -0.39 is 20.9 Å². The third-order valence-corrected chi connectivity index (χ3v) is 6.19. The lowest BCUT2D eigenvalue weighted by atomic mass is 10.1. The Morgan fingerprint density at radius 1 is 1.03 bits per heavy atom. The van der Waals surface area contributed by atoms with Gasteiger partial charge in [-0.05, 0) is 35.9 Å². The van der Waals surface area contributed by atoms with E-state index in [1.54, 1.807) is 23.1 Å². The van der Waals surface area contributed by atoms with Gasteiger partial charge in [0.15, 0.2) is 0 Å². The minimum absolute atomic E-state index is 0.0491. The summed E-state index contributed by atoms with van der Waals surface area (Å²) in [7, 11) is -4.17. The molecule has 4 rings (SSSR count). The van der Waals surface area contributed by atoms with Crippen LogP contribution in [0.15, 0.2) is 90.3 Å². The van der Waals surface area contributed by atoms with Crippen LogP contribution in [-0.4, -0.2) is 34.0 Å². The van der Waals surface area contributed by atoms with Crippen LogP contribution in [0.25, 0.3) is 5.69 Å². The van der Waals surface area contributed by atoms with Crippen molar-refractivity contribution in [2.24, 2.45) is 0 Å². The summed E-state index contributed by atoms with van der Waals surface area (Å²) in [5.74, 6) is -0.488. The van der Waals surface area contributed by atoms with Gasteiger partial charge in [-0.3, -0.25) is 19.6 Å². The molecule has 0 bridgehead atoms. The Morgan fingerprint density at radius 3 is 2.50 bits per heavy atom. The fraction of sp³-hybridized carbons (Fsp3) is 0.0455. The predicted molar refractivity (Wildman–Crippen MR) is 123 cm³/mol. The Hall–Kier alpha value is -4.58. The first kappa shape index (κ1) is 22.6. The van der Waals surface area contributed by atoms with Gasteiger partial charge >= 0.3 is 0 Å². The van der Waals surface area contributed by atoms with Crippen molar-refractivity contribution < 1.29 is 18.1 Å². The number of benzene rings is 3. The summed E-state index contributed by atoms with van der Waals surface area (Å²) < 4.78 is 29.5. The number of carbonyl (C=O) groups is 1. The molecule has 0 saturated carbocycles. The van der Waals surface area contributed by atoms with Crippen molar-refractivity contribution in [2.45, 2.75) is 11.4 Å². The Morgan fingerprint density at radius 2 is 1.79 bits per heavy atom. The van der Waals surface area contributed by atoms with Crippen molar-refractivity contribution >= 4 is 27.3 Å². The number of anilines is 1. The van der Waals surface area contributed by atoms with Crippen LogP contribution in [0, 0.1) is 10.1 Å². The topological polar surface area (TPSA) is 149 Å². The van der Waals surface area contributed by atoms with Crippen LogP contribution in [-0.2, 0) is 16.6 Å². The van der Waals surface area contributed by atoms with Gasteiger partial charge in [0.25, 0.3) is 21.6 Å². The molecule has 34 heavy (non-hydrogen) atoms. The average molecular weight is 478 g/mol. The summed E-state index contributed by atoms with van der Waals surface area (Å²) in [6.45, 7) is 0.211. The van der Waals surface area contributed by atoms with Gasteiger partial charge in [-0.2, -0.15) is 5.10 Å². The van der Waals surface area contributed by atoms with Gasteiger partial charge in [0.2, 0.25) is 0 Å². The van der Waals surface area contributed by atoms with Gasteiger partial charge in [0.05, 0.1) is 26.8 Å². The highest BCUT2D eigenvalue weighted by atomic mass is 32.2. The highest BCUT2D eigenvalue weighted by molar-refractivity contribution is 7.92. The number of carbonyl (C=O) groups excluding carboxylic acids is 1. The molecule has 1 heterocycles. The summed E-state index contributed by atoms with van der Waals surface area (Å²) >= 11 is 0. The van der Waals surface area contributed by atoms with Gasteiger partial charge in [-0.1, -0.05) is 30.3 Å². The maximum atomic E-state index is 12.8. The quantitative estimate of drug-likeness (QED) is 0.292. The van der Waals surface area contributed by atoms with Crippen LogP contribution in [0.4, 0.5) is 11.4 Å². The Labute approximate surface area is 194 Å². The van der Waals surface area contributed by atoms with Crippen LogP contribution < -0.4 is 10.0 Å². The van der Waals surface area contributed by atoms with Gasteiger partial charge in [0.1, 0.15) is 12.7 Å². The van der Waals surface area contributed by atoms with Crippen molar-refractivity contribution in [2.75, 3.05) is 4.72 Å². The second-order valence-electron chi connectivity index (χ2n) is 7.09. The fourth-order valence-electron chi connectivity index (χ4n) is 3.12. The van der Waals surface area contributed by atoms with Crippen molar-refractivity contribution in [3.8, 4) is 5.69 Å². The number of amides is 1. The first-order chi connectivity index (χ1) is 16.3. The van der Waals surface area contributed by atoms with Crippen LogP contribution in [0.3, 0.4) is 0 Å². The molecular formula is C22H18N6O5S. The minimum atomic E-state index is -4.17. The molecule has 1 aromatic heterocycles. The molecule has 0 aliphatic rings. The Bertz CT molecular complexity index is 1440. The first-order valence-corrected chi connectivity index (χ1v) is 11.4. The molecule has 4 aromatic rings. The molecule has 2 N–H and O–H groups in total. The number of hydrogen-bond donors (Lipinski definition) is 2. The zero-order chi connectivity index (χ0) is 24.1. The number of non-ortho nitro benzene ring substituents is 1. The van der Waals surface area contributed by atoms with E-state index in [4.69, 9.17) is 0 Å². The van der Waals surface area contributed by atoms with E-state index in [-0.39, 0.29) is 28.4 Å². The predicted octanol–water partition coefficient (Wildman–Crippen LogP) is 2.91. The summed E-state index contributed by atoms with van der Waals surface area (Å²) in [4.78, 5) is 26.7. The zero-order valence-corrected chi connectivity index (χ0v) is 18.3. The van der Waals surface area contributed by atoms with E-state index in [1.165, 1.54) is 36.7 Å². The molecule has 172 valence electrons. The van der Waals surface area contributed by atoms with E-state index >= 15 is 0 Å². The van der Waals surface area contributed by atoms with Crippen LogP contribution >= 0.6 is 0 Å². The van der Waals surface area contributed by atoms with E-state index in [1.807, 2.05) is 24.3 Å². The minimum Gasteiger partial charge on any atom is -0.348 e. The maximum absolute atomic E-state index is 12.8. The molecule has 3 aromatic carbocycles. The monoisotopic (exact) mass is 478 g/mol. The number of sulfonamides is 1. The van der Waals surface area contributed by atoms with Gasteiger partial charge in [0, 0.05) is 18.7 Å². The molecular weight excluding hydrogens is 460 g/mol. The van der Waals surface area contributed by atoms with Crippen molar-refractivity contribution in [1.29, 1.82) is 0 Å². The number of para-hydroxylation sites is 1. The number of hydrogen-bond acceptors (Lipinski definition) is 7. The van der Waals surface area contributed by atoms with E-state index in [9.17, 15) is 23.3 Å². The molecule has 0 fully saturated rings. The average Bonchev–Trinajstić information content (AvgIpc) is 3.38. The number of aromatic nitrogens is 3. The lowest BCUT2D eigenvalue weighted by Gasteiger charge is -2.13. The molecule has 11 nitrogen and oxygen atoms in total. The van der Waals surface area contributed by atoms with E-state index in [0.717, 1.165) is 17.3 Å². The third kappa shape index (κ3) is 5.07. The Kier molecular flexibility index (Phi) is 6.32. The number of nitrogens with zero attached hydrogens (tertiary/aromatic N) is 4. The summed E-state index contributed by atoms with van der Waals surface area (Å²) in [5.41, 5.74) is 1.44. The summed E-state index contributed by atoms with van der Waals surface area (Å²) in [6.07, 6.45) is 3.00. The molecule has 0 radical (unpaired) electrons. The van der Waals surface area contributed by atoms with Crippen molar-refractivity contribution in [3.05, 3.63) is 107 Å². The highest BCUT2D eigenvalue weighted by Crippen LogP contribution is 2.23. The smallest absolute Gasteiger partial charge is 0.270 e. The number of nitro benzene ring substituents is 1. The molecule has 0 unspecified atom stereocenters. The van der Waals surface area contributed by atoms with Crippen molar-refractivity contribution in [1.82, 2.24) is 20.1 Å². The number of nitrogens with one attached hydrogen (secondary N) is 2. The SMILES string of the molecule is O=C(NCc1ccc(-n2cncn2)cc1)c1ccccc1NS(=O)(=O)c1cccc([N+](=O)[O-])c1. The van der Waals surface area contributed by atoms with E-state index in [2.05, 4.69) is 20.1 Å². The molecule has 0 aliphatic heterocycles. The number of nitro groups is 1. The second-order valence-corrected chi connectivity index (χ2v) is 8.78. The molecule has 1 amide bonds.